The predicted octanol–water partition coefficient (Wildman–Crippen LogP) is 1.72. The second-order valence-corrected chi connectivity index (χ2v) is 2.81. The van der Waals surface area contributed by atoms with Crippen molar-refractivity contribution in [3.8, 4) is 5.75 Å². The van der Waals surface area contributed by atoms with Gasteiger partial charge in [0.1, 0.15) is 5.75 Å². The van der Waals surface area contributed by atoms with Gasteiger partial charge in [0.05, 0.1) is 0 Å². The van der Waals surface area contributed by atoms with Crippen molar-refractivity contribution in [3.05, 3.63) is 42.1 Å². The molecule has 0 aromatic heterocycles. The monoisotopic (exact) mass is 191 g/mol. The number of carbonyl (C=O) groups is 1. The minimum Gasteiger partial charge on any atom is -0.423 e. The largest absolute Gasteiger partial charge is 0.423 e. The van der Waals surface area contributed by atoms with Crippen LogP contribution in [-0.4, -0.2) is 13.0 Å². The highest BCUT2D eigenvalue weighted by Gasteiger charge is 1.99. The molecule has 74 valence electrons. The summed E-state index contributed by atoms with van der Waals surface area (Å²) in [5, 5.41) is 2.84. The molecule has 0 saturated carbocycles. The Hall–Kier alpha value is -1.77. The third-order valence-electron chi connectivity index (χ3n) is 1.69. The number of para-hydroxylation sites is 1. The van der Waals surface area contributed by atoms with E-state index in [0.717, 1.165) is 5.70 Å². The lowest BCUT2D eigenvalue weighted by Crippen LogP contribution is -2.09. The predicted molar refractivity (Wildman–Crippen MR) is 54.9 cm³/mol. The highest BCUT2D eigenvalue weighted by Crippen LogP contribution is 2.08. The number of benzene rings is 1. The van der Waals surface area contributed by atoms with Crippen LogP contribution >= 0.6 is 0 Å². The molecule has 0 atom stereocenters. The summed E-state index contributed by atoms with van der Waals surface area (Å²) >= 11 is 0. The van der Waals surface area contributed by atoms with Gasteiger partial charge in [-0.25, -0.2) is 4.79 Å². The summed E-state index contributed by atoms with van der Waals surface area (Å²) in [5.74, 6) is 0.181. The molecule has 0 unspecified atom stereocenters. The normalized spacial score (nSPS) is 10.9. The Balaban J connectivity index is 2.58. The molecule has 0 radical (unpaired) electrons. The first-order chi connectivity index (χ1) is 6.72. The summed E-state index contributed by atoms with van der Waals surface area (Å²) in [6, 6.07) is 8.97. The SMILES string of the molecule is CN/C(C)=C/C(=O)Oc1ccccc1. The maximum Gasteiger partial charge on any atom is 0.337 e. The molecule has 0 spiro atoms. The summed E-state index contributed by atoms with van der Waals surface area (Å²) in [5.41, 5.74) is 0.769. The molecule has 3 nitrogen and oxygen atoms in total. The van der Waals surface area contributed by atoms with E-state index < -0.39 is 0 Å². The van der Waals surface area contributed by atoms with E-state index in [4.69, 9.17) is 4.74 Å². The minimum atomic E-state index is -0.372. The fourth-order valence-corrected chi connectivity index (χ4v) is 0.883. The second-order valence-electron chi connectivity index (χ2n) is 2.81. The average Bonchev–Trinajstić information content (AvgIpc) is 2.19. The van der Waals surface area contributed by atoms with Crippen LogP contribution in [0.1, 0.15) is 6.92 Å². The van der Waals surface area contributed by atoms with Gasteiger partial charge in [-0.15, -0.1) is 0 Å². The highest BCUT2D eigenvalue weighted by atomic mass is 16.5. The number of rotatable bonds is 3. The number of nitrogens with one attached hydrogen (secondary N) is 1. The summed E-state index contributed by atoms with van der Waals surface area (Å²) in [6.45, 7) is 1.80. The molecular formula is C11H13NO2. The molecule has 0 saturated heterocycles. The first-order valence-electron chi connectivity index (χ1n) is 4.35. The zero-order valence-electron chi connectivity index (χ0n) is 8.28. The summed E-state index contributed by atoms with van der Waals surface area (Å²) < 4.78 is 5.03. The van der Waals surface area contributed by atoms with Crippen molar-refractivity contribution >= 4 is 5.97 Å². The van der Waals surface area contributed by atoms with E-state index in [1.54, 1.807) is 26.1 Å². The van der Waals surface area contributed by atoms with Gasteiger partial charge in [0, 0.05) is 18.8 Å². The molecular weight excluding hydrogens is 178 g/mol. The lowest BCUT2D eigenvalue weighted by molar-refractivity contribution is -0.129. The molecule has 1 rings (SSSR count). The fourth-order valence-electron chi connectivity index (χ4n) is 0.883. The molecule has 1 aromatic rings. The quantitative estimate of drug-likeness (QED) is 0.449. The van der Waals surface area contributed by atoms with Gasteiger partial charge >= 0.3 is 5.97 Å². The van der Waals surface area contributed by atoms with E-state index in [-0.39, 0.29) is 5.97 Å². The molecule has 3 heteroatoms. The van der Waals surface area contributed by atoms with Crippen LogP contribution in [0.25, 0.3) is 0 Å². The van der Waals surface area contributed by atoms with Crippen LogP contribution in [-0.2, 0) is 4.79 Å². The van der Waals surface area contributed by atoms with Gasteiger partial charge in [0.2, 0.25) is 0 Å². The van der Waals surface area contributed by atoms with Gasteiger partial charge in [0.15, 0.2) is 0 Å². The molecule has 0 heterocycles. The number of hydrogen-bond acceptors (Lipinski definition) is 3. The van der Waals surface area contributed by atoms with E-state index in [1.807, 2.05) is 18.2 Å². The van der Waals surface area contributed by atoms with Crippen molar-refractivity contribution in [2.45, 2.75) is 6.92 Å². The van der Waals surface area contributed by atoms with Gasteiger partial charge in [-0.1, -0.05) is 18.2 Å². The molecule has 0 amide bonds. The molecule has 0 bridgehead atoms. The third kappa shape index (κ3) is 3.31. The van der Waals surface area contributed by atoms with Crippen LogP contribution in [0.4, 0.5) is 0 Å². The van der Waals surface area contributed by atoms with Crippen molar-refractivity contribution in [1.29, 1.82) is 0 Å². The summed E-state index contributed by atoms with van der Waals surface area (Å²) in [7, 11) is 1.75. The Kier molecular flexibility index (Phi) is 3.73. The molecule has 1 aromatic carbocycles. The van der Waals surface area contributed by atoms with E-state index in [9.17, 15) is 4.79 Å². The van der Waals surface area contributed by atoms with E-state index in [0.29, 0.717) is 5.75 Å². The Bertz CT molecular complexity index is 330. The van der Waals surface area contributed by atoms with E-state index >= 15 is 0 Å². The third-order valence-corrected chi connectivity index (χ3v) is 1.69. The Morgan fingerprint density at radius 2 is 2.00 bits per heavy atom. The molecule has 0 fully saturated rings. The van der Waals surface area contributed by atoms with Crippen molar-refractivity contribution in [2.24, 2.45) is 0 Å². The van der Waals surface area contributed by atoms with Crippen molar-refractivity contribution < 1.29 is 9.53 Å². The second kappa shape index (κ2) is 5.07. The van der Waals surface area contributed by atoms with Crippen LogP contribution in [0.3, 0.4) is 0 Å². The number of carbonyl (C=O) groups excluding carboxylic acids is 1. The van der Waals surface area contributed by atoms with Crippen LogP contribution in [0, 0.1) is 0 Å². The van der Waals surface area contributed by atoms with Crippen LogP contribution in [0.15, 0.2) is 42.1 Å². The number of ether oxygens (including phenoxy) is 1. The Labute approximate surface area is 83.4 Å². The van der Waals surface area contributed by atoms with Crippen molar-refractivity contribution in [2.75, 3.05) is 7.05 Å². The van der Waals surface area contributed by atoms with Gasteiger partial charge in [0.25, 0.3) is 0 Å². The van der Waals surface area contributed by atoms with E-state index in [2.05, 4.69) is 5.32 Å². The molecule has 0 aliphatic carbocycles. The number of hydrogen-bond donors (Lipinski definition) is 1. The molecule has 0 aliphatic heterocycles. The highest BCUT2D eigenvalue weighted by molar-refractivity contribution is 5.84. The first-order valence-corrected chi connectivity index (χ1v) is 4.35. The summed E-state index contributed by atoms with van der Waals surface area (Å²) in [4.78, 5) is 11.2. The van der Waals surface area contributed by atoms with Crippen molar-refractivity contribution in [1.82, 2.24) is 5.32 Å². The lowest BCUT2D eigenvalue weighted by Gasteiger charge is -2.01. The Morgan fingerprint density at radius 1 is 1.36 bits per heavy atom. The van der Waals surface area contributed by atoms with Gasteiger partial charge in [-0.3, -0.25) is 0 Å². The van der Waals surface area contributed by atoms with Crippen LogP contribution in [0.5, 0.6) is 5.75 Å². The van der Waals surface area contributed by atoms with Gasteiger partial charge in [-0.2, -0.15) is 0 Å². The van der Waals surface area contributed by atoms with Gasteiger partial charge < -0.3 is 10.1 Å². The molecule has 0 aliphatic rings. The maximum atomic E-state index is 11.2. The zero-order valence-corrected chi connectivity index (χ0v) is 8.28. The maximum absolute atomic E-state index is 11.2. The standard InChI is InChI=1S/C11H13NO2/c1-9(12-2)8-11(13)14-10-6-4-3-5-7-10/h3-8,12H,1-2H3/b9-8+. The molecule has 14 heavy (non-hydrogen) atoms. The lowest BCUT2D eigenvalue weighted by atomic mass is 10.3. The topological polar surface area (TPSA) is 38.3 Å². The fraction of sp³-hybridized carbons (Fsp3) is 0.182. The molecule has 1 N–H and O–H groups in total. The minimum absolute atomic E-state index is 0.372. The van der Waals surface area contributed by atoms with E-state index in [1.165, 1.54) is 6.08 Å². The van der Waals surface area contributed by atoms with Crippen LogP contribution < -0.4 is 10.1 Å². The zero-order chi connectivity index (χ0) is 10.4. The smallest absolute Gasteiger partial charge is 0.337 e. The summed E-state index contributed by atoms with van der Waals surface area (Å²) in [6.07, 6.45) is 1.41. The first kappa shape index (κ1) is 10.3. The number of allylic oxidation sites excluding steroid dienone is 1. The van der Waals surface area contributed by atoms with Gasteiger partial charge in [-0.05, 0) is 19.1 Å². The van der Waals surface area contributed by atoms with Crippen molar-refractivity contribution in [3.63, 3.8) is 0 Å². The average molecular weight is 191 g/mol. The number of esters is 1. The Morgan fingerprint density at radius 3 is 2.57 bits per heavy atom. The van der Waals surface area contributed by atoms with Crippen LogP contribution in [0.2, 0.25) is 0 Å².